The van der Waals surface area contributed by atoms with Crippen molar-refractivity contribution in [3.05, 3.63) is 23.8 Å². The van der Waals surface area contributed by atoms with Crippen LogP contribution in [0.4, 0.5) is 0 Å². The molecule has 4 nitrogen and oxygen atoms in total. The van der Waals surface area contributed by atoms with Crippen LogP contribution in [0.15, 0.2) is 18.2 Å². The van der Waals surface area contributed by atoms with Gasteiger partial charge in [0.15, 0.2) is 5.78 Å². The molecular formula is C17H24O4. The van der Waals surface area contributed by atoms with Crippen molar-refractivity contribution in [1.29, 1.82) is 0 Å². The predicted octanol–water partition coefficient (Wildman–Crippen LogP) is 3.36. The molecule has 116 valence electrons. The monoisotopic (exact) mass is 292 g/mol. The summed E-state index contributed by atoms with van der Waals surface area (Å²) in [4.78, 5) is 12.1. The van der Waals surface area contributed by atoms with E-state index < -0.39 is 11.2 Å². The Labute approximate surface area is 126 Å². The minimum atomic E-state index is -0.814. The maximum atomic E-state index is 12.1. The van der Waals surface area contributed by atoms with Gasteiger partial charge in [-0.05, 0) is 38.8 Å². The molecule has 4 heteroatoms. The number of fused-ring (bicyclic) bond motifs is 1. The third-order valence-corrected chi connectivity index (χ3v) is 4.05. The number of benzene rings is 1. The Kier molecular flexibility index (Phi) is 4.28. The summed E-state index contributed by atoms with van der Waals surface area (Å²) in [5.74, 6) is 1.26. The van der Waals surface area contributed by atoms with Crippen LogP contribution in [0, 0.1) is 0 Å². The number of carbonyl (C=O) groups excluding carboxylic acids is 1. The number of hydrogen-bond acceptors (Lipinski definition) is 4. The second-order valence-electron chi connectivity index (χ2n) is 6.34. The lowest BCUT2D eigenvalue weighted by molar-refractivity contribution is -0.0115. The summed E-state index contributed by atoms with van der Waals surface area (Å²) in [6, 6.07) is 5.23. The second kappa shape index (κ2) is 5.68. The quantitative estimate of drug-likeness (QED) is 0.904. The number of ketones is 1. The average Bonchev–Trinajstić information content (AvgIpc) is 2.43. The molecule has 1 aliphatic rings. The van der Waals surface area contributed by atoms with Gasteiger partial charge in [0.05, 0.1) is 17.6 Å². The van der Waals surface area contributed by atoms with Crippen LogP contribution < -0.4 is 9.47 Å². The zero-order valence-electron chi connectivity index (χ0n) is 13.2. The van der Waals surface area contributed by atoms with Gasteiger partial charge in [0.1, 0.15) is 23.7 Å². The van der Waals surface area contributed by atoms with E-state index in [2.05, 4.69) is 0 Å². The summed E-state index contributed by atoms with van der Waals surface area (Å²) in [7, 11) is 0. The Morgan fingerprint density at radius 3 is 2.62 bits per heavy atom. The molecule has 0 bridgehead atoms. The minimum absolute atomic E-state index is 0.0893. The summed E-state index contributed by atoms with van der Waals surface area (Å²) < 4.78 is 11.5. The van der Waals surface area contributed by atoms with Crippen molar-refractivity contribution in [3.8, 4) is 11.5 Å². The zero-order chi connectivity index (χ0) is 15.7. The molecule has 0 atom stereocenters. The first-order valence-electron chi connectivity index (χ1n) is 7.50. The molecule has 2 rings (SSSR count). The molecule has 0 unspecified atom stereocenters. The summed E-state index contributed by atoms with van der Waals surface area (Å²) in [6.07, 6.45) is 1.65. The van der Waals surface area contributed by atoms with Crippen molar-refractivity contribution in [3.63, 3.8) is 0 Å². The first kappa shape index (κ1) is 15.8. The molecule has 0 amide bonds. The normalized spacial score (nSPS) is 17.1. The van der Waals surface area contributed by atoms with Crippen molar-refractivity contribution < 1.29 is 19.4 Å². The number of hydrogen-bond donors (Lipinski definition) is 1. The summed E-state index contributed by atoms with van der Waals surface area (Å²) in [6.45, 7) is 7.90. The molecule has 0 radical (unpaired) electrons. The smallest absolute Gasteiger partial charge is 0.170 e. The SMILES string of the molecule is CCC(O)(CC)COc1ccc2c(c1)OC(C)(C)CC2=O. The molecular weight excluding hydrogens is 268 g/mol. The number of rotatable bonds is 5. The van der Waals surface area contributed by atoms with Gasteiger partial charge < -0.3 is 14.6 Å². The maximum Gasteiger partial charge on any atom is 0.170 e. The van der Waals surface area contributed by atoms with Crippen LogP contribution in [0.25, 0.3) is 0 Å². The third-order valence-electron chi connectivity index (χ3n) is 4.05. The van der Waals surface area contributed by atoms with Crippen molar-refractivity contribution >= 4 is 5.78 Å². The van der Waals surface area contributed by atoms with Crippen molar-refractivity contribution in [2.45, 2.75) is 58.2 Å². The van der Waals surface area contributed by atoms with Crippen LogP contribution in [-0.4, -0.2) is 28.7 Å². The molecule has 1 heterocycles. The van der Waals surface area contributed by atoms with Crippen molar-refractivity contribution in [2.75, 3.05) is 6.61 Å². The van der Waals surface area contributed by atoms with Gasteiger partial charge in [-0.1, -0.05) is 13.8 Å². The predicted molar refractivity (Wildman–Crippen MR) is 81.1 cm³/mol. The lowest BCUT2D eigenvalue weighted by Gasteiger charge is -2.32. The summed E-state index contributed by atoms with van der Waals surface area (Å²) in [5, 5.41) is 10.2. The maximum absolute atomic E-state index is 12.1. The van der Waals surface area contributed by atoms with Gasteiger partial charge in [-0.25, -0.2) is 0 Å². The molecule has 21 heavy (non-hydrogen) atoms. The minimum Gasteiger partial charge on any atom is -0.490 e. The van der Waals surface area contributed by atoms with Gasteiger partial charge in [-0.3, -0.25) is 4.79 Å². The first-order valence-corrected chi connectivity index (χ1v) is 7.50. The number of carbonyl (C=O) groups is 1. The number of aliphatic hydroxyl groups is 1. The van der Waals surface area contributed by atoms with Gasteiger partial charge in [0.25, 0.3) is 0 Å². The molecule has 0 saturated carbocycles. The zero-order valence-corrected chi connectivity index (χ0v) is 13.2. The lowest BCUT2D eigenvalue weighted by atomic mass is 9.93. The second-order valence-corrected chi connectivity index (χ2v) is 6.34. The van der Waals surface area contributed by atoms with E-state index in [1.165, 1.54) is 0 Å². The fourth-order valence-electron chi connectivity index (χ4n) is 2.39. The number of ether oxygens (including phenoxy) is 2. The topological polar surface area (TPSA) is 55.8 Å². The van der Waals surface area contributed by atoms with E-state index in [-0.39, 0.29) is 12.4 Å². The van der Waals surface area contributed by atoms with Crippen LogP contribution in [-0.2, 0) is 0 Å². The van der Waals surface area contributed by atoms with Crippen LogP contribution in [0.5, 0.6) is 11.5 Å². The van der Waals surface area contributed by atoms with Crippen LogP contribution in [0.2, 0.25) is 0 Å². The fraction of sp³-hybridized carbons (Fsp3) is 0.588. The van der Waals surface area contributed by atoms with Gasteiger partial charge in [-0.15, -0.1) is 0 Å². The molecule has 0 fully saturated rings. The summed E-state index contributed by atoms with van der Waals surface area (Å²) >= 11 is 0. The average molecular weight is 292 g/mol. The van der Waals surface area contributed by atoms with Gasteiger partial charge in [0.2, 0.25) is 0 Å². The highest BCUT2D eigenvalue weighted by molar-refractivity contribution is 6.00. The van der Waals surface area contributed by atoms with E-state index in [4.69, 9.17) is 9.47 Å². The van der Waals surface area contributed by atoms with E-state index >= 15 is 0 Å². The first-order chi connectivity index (χ1) is 9.78. The van der Waals surface area contributed by atoms with Crippen LogP contribution in [0.1, 0.15) is 57.3 Å². The molecule has 1 aromatic rings. The van der Waals surface area contributed by atoms with E-state index in [0.29, 0.717) is 36.3 Å². The molecule has 0 spiro atoms. The fourth-order valence-corrected chi connectivity index (χ4v) is 2.39. The molecule has 0 aliphatic carbocycles. The Bertz CT molecular complexity index is 530. The van der Waals surface area contributed by atoms with Crippen LogP contribution >= 0.6 is 0 Å². The molecule has 0 saturated heterocycles. The highest BCUT2D eigenvalue weighted by Gasteiger charge is 2.32. The lowest BCUT2D eigenvalue weighted by Crippen LogP contribution is -2.36. The largest absolute Gasteiger partial charge is 0.490 e. The highest BCUT2D eigenvalue weighted by atomic mass is 16.5. The Balaban J connectivity index is 2.16. The number of Topliss-reactive ketones (excluding diaryl/α,β-unsaturated/α-hetero) is 1. The Morgan fingerprint density at radius 2 is 2.00 bits per heavy atom. The van der Waals surface area contributed by atoms with Gasteiger partial charge in [-0.2, -0.15) is 0 Å². The van der Waals surface area contributed by atoms with E-state index in [9.17, 15) is 9.90 Å². The molecule has 1 aromatic carbocycles. The Morgan fingerprint density at radius 1 is 1.33 bits per heavy atom. The van der Waals surface area contributed by atoms with E-state index in [0.717, 1.165) is 0 Å². The Hall–Kier alpha value is -1.55. The van der Waals surface area contributed by atoms with Gasteiger partial charge in [0, 0.05) is 6.07 Å². The summed E-state index contributed by atoms with van der Waals surface area (Å²) in [5.41, 5.74) is -0.704. The third kappa shape index (κ3) is 3.56. The molecule has 1 aliphatic heterocycles. The van der Waals surface area contributed by atoms with E-state index in [1.54, 1.807) is 18.2 Å². The molecule has 0 aromatic heterocycles. The van der Waals surface area contributed by atoms with Crippen molar-refractivity contribution in [2.24, 2.45) is 0 Å². The molecule has 1 N–H and O–H groups in total. The van der Waals surface area contributed by atoms with Gasteiger partial charge >= 0.3 is 0 Å². The standard InChI is InChI=1S/C17H24O4/c1-5-17(19,6-2)11-20-12-7-8-13-14(18)10-16(3,4)21-15(13)9-12/h7-9,19H,5-6,10-11H2,1-4H3. The highest BCUT2D eigenvalue weighted by Crippen LogP contribution is 2.35. The van der Waals surface area contributed by atoms with Crippen molar-refractivity contribution in [1.82, 2.24) is 0 Å². The van der Waals surface area contributed by atoms with Crippen LogP contribution in [0.3, 0.4) is 0 Å². The van der Waals surface area contributed by atoms with E-state index in [1.807, 2.05) is 27.7 Å².